The number of nitrogens with one attached hydrogen (secondary N) is 1. The third kappa shape index (κ3) is 5.08. The van der Waals surface area contributed by atoms with Crippen molar-refractivity contribution in [1.29, 1.82) is 5.26 Å². The first-order chi connectivity index (χ1) is 14.1. The van der Waals surface area contributed by atoms with Crippen LogP contribution in [0.1, 0.15) is 76.9 Å². The predicted molar refractivity (Wildman–Crippen MR) is 109 cm³/mol. The van der Waals surface area contributed by atoms with Gasteiger partial charge in [-0.25, -0.2) is 9.48 Å². The minimum Gasteiger partial charge on any atom is -0.378 e. The third-order valence-corrected chi connectivity index (χ3v) is 6.43. The fourth-order valence-corrected chi connectivity index (χ4v) is 4.44. The Morgan fingerprint density at radius 3 is 2.76 bits per heavy atom. The van der Waals surface area contributed by atoms with E-state index in [9.17, 15) is 10.1 Å². The molecular weight excluding hydrogens is 368 g/mol. The van der Waals surface area contributed by atoms with E-state index in [2.05, 4.69) is 35.5 Å². The van der Waals surface area contributed by atoms with Crippen LogP contribution in [0.15, 0.2) is 6.20 Å². The zero-order valence-corrected chi connectivity index (χ0v) is 17.8. The van der Waals surface area contributed by atoms with E-state index < -0.39 is 5.54 Å². The highest BCUT2D eigenvalue weighted by atomic mass is 16.5. The van der Waals surface area contributed by atoms with Gasteiger partial charge in [-0.15, -0.1) is 5.10 Å². The third-order valence-electron chi connectivity index (χ3n) is 6.43. The number of hydrogen-bond acceptors (Lipinski definition) is 5. The number of morpholine rings is 1. The molecule has 0 unspecified atom stereocenters. The van der Waals surface area contributed by atoms with Crippen molar-refractivity contribution in [1.82, 2.24) is 25.2 Å². The monoisotopic (exact) mass is 402 g/mol. The van der Waals surface area contributed by atoms with E-state index >= 15 is 0 Å². The summed E-state index contributed by atoms with van der Waals surface area (Å²) in [6.45, 7) is 6.54. The first-order valence-electron chi connectivity index (χ1n) is 11.0. The van der Waals surface area contributed by atoms with Crippen molar-refractivity contribution < 1.29 is 9.53 Å². The van der Waals surface area contributed by atoms with Crippen molar-refractivity contribution in [2.45, 2.75) is 76.8 Å². The minimum absolute atomic E-state index is 0.0706. The molecule has 1 aromatic heterocycles. The molecule has 2 amide bonds. The van der Waals surface area contributed by atoms with E-state index in [0.29, 0.717) is 32.2 Å². The summed E-state index contributed by atoms with van der Waals surface area (Å²) < 4.78 is 7.05. The second-order valence-corrected chi connectivity index (χ2v) is 8.44. The number of rotatable bonds is 7. The second kappa shape index (κ2) is 10.1. The molecule has 0 spiro atoms. The Balaban J connectivity index is 1.83. The summed E-state index contributed by atoms with van der Waals surface area (Å²) in [5.74, 6) is 0.308. The maximum Gasteiger partial charge on any atom is 0.318 e. The first-order valence-corrected chi connectivity index (χ1v) is 11.0. The molecule has 160 valence electrons. The predicted octanol–water partition coefficient (Wildman–Crippen LogP) is 3.37. The smallest absolute Gasteiger partial charge is 0.318 e. The van der Waals surface area contributed by atoms with Crippen molar-refractivity contribution in [2.24, 2.45) is 5.92 Å². The normalized spacial score (nSPS) is 21.2. The van der Waals surface area contributed by atoms with Crippen LogP contribution in [0.25, 0.3) is 0 Å². The van der Waals surface area contributed by atoms with E-state index in [0.717, 1.165) is 37.8 Å². The van der Waals surface area contributed by atoms with Crippen LogP contribution in [0, 0.1) is 17.2 Å². The lowest BCUT2D eigenvalue weighted by atomic mass is 9.74. The zero-order valence-electron chi connectivity index (χ0n) is 17.8. The number of aromatic nitrogens is 3. The van der Waals surface area contributed by atoms with Crippen LogP contribution in [-0.2, 0) is 10.3 Å². The average molecular weight is 403 g/mol. The van der Waals surface area contributed by atoms with E-state index in [-0.39, 0.29) is 12.1 Å². The molecule has 2 fully saturated rings. The van der Waals surface area contributed by atoms with E-state index in [1.54, 1.807) is 4.68 Å². The van der Waals surface area contributed by atoms with Gasteiger partial charge in [0.05, 0.1) is 31.0 Å². The lowest BCUT2D eigenvalue weighted by Gasteiger charge is -2.41. The number of amides is 2. The number of urea groups is 1. The van der Waals surface area contributed by atoms with Crippen molar-refractivity contribution in [2.75, 3.05) is 26.3 Å². The summed E-state index contributed by atoms with van der Waals surface area (Å²) >= 11 is 0. The Kier molecular flexibility index (Phi) is 7.48. The maximum atomic E-state index is 13.0. The average Bonchev–Trinajstić information content (AvgIpc) is 3.26. The van der Waals surface area contributed by atoms with Gasteiger partial charge in [-0.3, -0.25) is 0 Å². The maximum absolute atomic E-state index is 13.0. The van der Waals surface area contributed by atoms with Gasteiger partial charge in [0, 0.05) is 13.1 Å². The molecule has 2 atom stereocenters. The van der Waals surface area contributed by atoms with Gasteiger partial charge in [0.2, 0.25) is 0 Å². The summed E-state index contributed by atoms with van der Waals surface area (Å²) in [4.78, 5) is 14.8. The Bertz CT molecular complexity index is 702. The lowest BCUT2D eigenvalue weighted by molar-refractivity contribution is 0.0483. The SMILES string of the molecule is CCCC[C@@H](C#N)n1cc([C@@](C)(NC(=O)N2CCOCC2)C2CCCCC2)nn1. The number of carbonyl (C=O) groups excluding carboxylic acids is 1. The highest BCUT2D eigenvalue weighted by Gasteiger charge is 2.41. The van der Waals surface area contributed by atoms with Crippen LogP contribution in [0.3, 0.4) is 0 Å². The Hall–Kier alpha value is -2.14. The van der Waals surface area contributed by atoms with E-state index in [1.165, 1.54) is 19.3 Å². The van der Waals surface area contributed by atoms with Gasteiger partial charge in [-0.2, -0.15) is 5.26 Å². The van der Waals surface area contributed by atoms with E-state index in [4.69, 9.17) is 4.74 Å². The molecule has 0 aromatic carbocycles. The van der Waals surface area contributed by atoms with Crippen LogP contribution in [0.4, 0.5) is 4.79 Å². The highest BCUT2D eigenvalue weighted by molar-refractivity contribution is 5.75. The molecule has 1 saturated carbocycles. The molecule has 8 nitrogen and oxygen atoms in total. The molecule has 2 heterocycles. The summed E-state index contributed by atoms with van der Waals surface area (Å²) in [5.41, 5.74) is 0.154. The van der Waals surface area contributed by atoms with Crippen LogP contribution in [0.2, 0.25) is 0 Å². The fraction of sp³-hybridized carbons (Fsp3) is 0.810. The molecule has 1 N–H and O–H groups in total. The largest absolute Gasteiger partial charge is 0.378 e. The first kappa shape index (κ1) is 21.6. The molecule has 29 heavy (non-hydrogen) atoms. The topological polar surface area (TPSA) is 96.1 Å². The lowest BCUT2D eigenvalue weighted by Crippen LogP contribution is -2.56. The van der Waals surface area contributed by atoms with Crippen LogP contribution < -0.4 is 5.32 Å². The standard InChI is InChI=1S/C21H34N6O2/c1-3-4-10-18(15-22)27-16-19(24-25-27)21(2,17-8-6-5-7-9-17)23-20(28)26-11-13-29-14-12-26/h16-18H,3-14H2,1-2H3,(H,23,28)/t18-,21-/m0/s1. The highest BCUT2D eigenvalue weighted by Crippen LogP contribution is 2.38. The van der Waals surface area contributed by atoms with E-state index in [1.807, 2.05) is 11.1 Å². The molecule has 2 aliphatic rings. The molecule has 1 aliphatic heterocycles. The fourth-order valence-electron chi connectivity index (χ4n) is 4.44. The second-order valence-electron chi connectivity index (χ2n) is 8.44. The Morgan fingerprint density at radius 1 is 1.38 bits per heavy atom. The number of nitriles is 1. The van der Waals surface area contributed by atoms with Gasteiger partial charge in [0.15, 0.2) is 0 Å². The van der Waals surface area contributed by atoms with Crippen LogP contribution >= 0.6 is 0 Å². The summed E-state index contributed by atoms with van der Waals surface area (Å²) in [5, 5.41) is 21.6. The summed E-state index contributed by atoms with van der Waals surface area (Å²) in [6.07, 6.45) is 10.3. The number of ether oxygens (including phenoxy) is 1. The van der Waals surface area contributed by atoms with Gasteiger partial charge in [-0.1, -0.05) is 44.2 Å². The van der Waals surface area contributed by atoms with Gasteiger partial charge >= 0.3 is 6.03 Å². The molecule has 3 rings (SSSR count). The quantitative estimate of drug-likeness (QED) is 0.754. The summed E-state index contributed by atoms with van der Waals surface area (Å²) in [6, 6.07) is 1.95. The molecule has 8 heteroatoms. The molecule has 0 bridgehead atoms. The van der Waals surface area contributed by atoms with Crippen molar-refractivity contribution in [3.63, 3.8) is 0 Å². The summed E-state index contributed by atoms with van der Waals surface area (Å²) in [7, 11) is 0. The molecule has 1 aromatic rings. The number of nitrogens with zero attached hydrogens (tertiary/aromatic N) is 5. The van der Waals surface area contributed by atoms with Crippen LogP contribution in [0.5, 0.6) is 0 Å². The number of carbonyl (C=O) groups is 1. The number of hydrogen-bond donors (Lipinski definition) is 1. The Labute approximate surface area is 173 Å². The van der Waals surface area contributed by atoms with Gasteiger partial charge in [0.25, 0.3) is 0 Å². The molecule has 0 radical (unpaired) electrons. The minimum atomic E-state index is -0.598. The van der Waals surface area contributed by atoms with Crippen LogP contribution in [-0.4, -0.2) is 52.2 Å². The van der Waals surface area contributed by atoms with Gasteiger partial charge in [-0.05, 0) is 32.1 Å². The molecule has 1 saturated heterocycles. The van der Waals surface area contributed by atoms with Gasteiger partial charge < -0.3 is 15.0 Å². The molecular formula is C21H34N6O2. The van der Waals surface area contributed by atoms with Crippen molar-refractivity contribution in [3.05, 3.63) is 11.9 Å². The zero-order chi connectivity index (χ0) is 20.7. The molecule has 1 aliphatic carbocycles. The van der Waals surface area contributed by atoms with Gasteiger partial charge in [0.1, 0.15) is 11.7 Å². The number of unbranched alkanes of at least 4 members (excludes halogenated alkanes) is 1. The Morgan fingerprint density at radius 2 is 2.10 bits per heavy atom. The van der Waals surface area contributed by atoms with Crippen molar-refractivity contribution in [3.8, 4) is 6.07 Å². The van der Waals surface area contributed by atoms with Crippen molar-refractivity contribution >= 4 is 6.03 Å².